The Morgan fingerprint density at radius 2 is 0.837 bits per heavy atom. The predicted octanol–water partition coefficient (Wildman–Crippen LogP) is 12.3. The first-order valence-electron chi connectivity index (χ1n) is 21.7. The maximum atomic E-state index is 12.7. The predicted molar refractivity (Wildman–Crippen MR) is 209 cm³/mol. The van der Waals surface area contributed by atoms with E-state index in [4.69, 9.17) is 9.47 Å². The summed E-state index contributed by atoms with van der Waals surface area (Å²) in [6, 6.07) is 0. The minimum absolute atomic E-state index is 0.00625. The second kappa shape index (κ2) is 38.1. The summed E-state index contributed by atoms with van der Waals surface area (Å²) < 4.78 is 11.6. The highest BCUT2D eigenvalue weighted by Gasteiger charge is 2.15. The maximum Gasteiger partial charge on any atom is 0.306 e. The van der Waals surface area contributed by atoms with Crippen molar-refractivity contribution in [1.82, 2.24) is 4.90 Å². The van der Waals surface area contributed by atoms with Gasteiger partial charge in [0.2, 0.25) is 0 Å². The van der Waals surface area contributed by atoms with Crippen LogP contribution in [0.15, 0.2) is 0 Å². The molecule has 0 aromatic heterocycles. The standard InChI is InChI=1S/C43H85NO5/c1-5-8-11-14-17-20-27-34-42(46)48-40(4)31-24-21-22-29-36-44(38-39-45)37-30-23-28-35-43(47)49-41(32-25-18-15-12-9-6-2)33-26-19-16-13-10-7-3/h40-41,45H,5-39H2,1-4H3. The summed E-state index contributed by atoms with van der Waals surface area (Å²) >= 11 is 0. The lowest BCUT2D eigenvalue weighted by Gasteiger charge is -2.21. The van der Waals surface area contributed by atoms with Crippen LogP contribution in [0.25, 0.3) is 0 Å². The minimum Gasteiger partial charge on any atom is -0.463 e. The zero-order valence-electron chi connectivity index (χ0n) is 33.4. The first-order valence-corrected chi connectivity index (χ1v) is 21.7. The normalized spacial score (nSPS) is 12.2. The van der Waals surface area contributed by atoms with Gasteiger partial charge in [-0.1, -0.05) is 143 Å². The van der Waals surface area contributed by atoms with E-state index in [-0.39, 0.29) is 30.8 Å². The van der Waals surface area contributed by atoms with Gasteiger partial charge in [-0.15, -0.1) is 0 Å². The van der Waals surface area contributed by atoms with E-state index in [1.54, 1.807) is 0 Å². The van der Waals surface area contributed by atoms with Crippen molar-refractivity contribution in [2.24, 2.45) is 0 Å². The van der Waals surface area contributed by atoms with Gasteiger partial charge in [0.25, 0.3) is 0 Å². The molecule has 0 aliphatic heterocycles. The highest BCUT2D eigenvalue weighted by molar-refractivity contribution is 5.69. The van der Waals surface area contributed by atoms with Gasteiger partial charge in [-0.2, -0.15) is 0 Å². The highest BCUT2D eigenvalue weighted by atomic mass is 16.5. The van der Waals surface area contributed by atoms with Gasteiger partial charge in [0.15, 0.2) is 0 Å². The molecule has 0 aromatic rings. The molecule has 0 bridgehead atoms. The van der Waals surface area contributed by atoms with E-state index in [1.165, 1.54) is 109 Å². The average Bonchev–Trinajstić information content (AvgIpc) is 3.08. The van der Waals surface area contributed by atoms with Gasteiger partial charge in [-0.05, 0) is 84.2 Å². The molecule has 0 heterocycles. The molecule has 6 heteroatoms. The SMILES string of the molecule is CCCCCCCCCC(=O)OC(C)CCCCCCN(CCO)CCCCCC(=O)OC(CCCCCCCC)CCCCCCCC. The van der Waals surface area contributed by atoms with Crippen molar-refractivity contribution in [2.45, 2.75) is 239 Å². The van der Waals surface area contributed by atoms with Gasteiger partial charge in [0.05, 0.1) is 12.7 Å². The fourth-order valence-corrected chi connectivity index (χ4v) is 6.76. The third kappa shape index (κ3) is 35.1. The number of nitrogens with zero attached hydrogens (tertiary/aromatic N) is 1. The van der Waals surface area contributed by atoms with Crippen molar-refractivity contribution < 1.29 is 24.2 Å². The quantitative estimate of drug-likeness (QED) is 0.0509. The number of ether oxygens (including phenoxy) is 2. The summed E-state index contributed by atoms with van der Waals surface area (Å²) in [6.07, 6.45) is 35.5. The van der Waals surface area contributed by atoms with Gasteiger partial charge in [-0.3, -0.25) is 9.59 Å². The molecular weight excluding hydrogens is 610 g/mol. The van der Waals surface area contributed by atoms with Crippen molar-refractivity contribution >= 4 is 11.9 Å². The van der Waals surface area contributed by atoms with Gasteiger partial charge in [-0.25, -0.2) is 0 Å². The van der Waals surface area contributed by atoms with Crippen LogP contribution < -0.4 is 0 Å². The summed E-state index contributed by atoms with van der Waals surface area (Å²) in [6.45, 7) is 11.7. The monoisotopic (exact) mass is 696 g/mol. The van der Waals surface area contributed by atoms with E-state index in [9.17, 15) is 14.7 Å². The van der Waals surface area contributed by atoms with E-state index in [0.717, 1.165) is 90.1 Å². The van der Waals surface area contributed by atoms with Crippen LogP contribution in [-0.2, 0) is 19.1 Å². The lowest BCUT2D eigenvalue weighted by atomic mass is 10.0. The molecule has 0 aliphatic rings. The Morgan fingerprint density at radius 3 is 1.31 bits per heavy atom. The molecule has 292 valence electrons. The van der Waals surface area contributed by atoms with Crippen LogP contribution in [0.4, 0.5) is 0 Å². The third-order valence-corrected chi connectivity index (χ3v) is 9.98. The van der Waals surface area contributed by atoms with Crippen molar-refractivity contribution in [3.05, 3.63) is 0 Å². The molecule has 1 atom stereocenters. The van der Waals surface area contributed by atoms with Gasteiger partial charge in [0, 0.05) is 19.4 Å². The number of esters is 2. The number of aliphatic hydroxyl groups is 1. The van der Waals surface area contributed by atoms with Crippen molar-refractivity contribution in [3.63, 3.8) is 0 Å². The number of aliphatic hydroxyl groups excluding tert-OH is 1. The molecule has 0 amide bonds. The van der Waals surface area contributed by atoms with Crippen LogP contribution in [-0.4, -0.2) is 60.4 Å². The molecule has 0 radical (unpaired) electrons. The largest absolute Gasteiger partial charge is 0.463 e. The van der Waals surface area contributed by atoms with Crippen LogP contribution >= 0.6 is 0 Å². The highest BCUT2D eigenvalue weighted by Crippen LogP contribution is 2.18. The zero-order valence-corrected chi connectivity index (χ0v) is 33.4. The summed E-state index contributed by atoms with van der Waals surface area (Å²) in [4.78, 5) is 27.2. The first kappa shape index (κ1) is 47.9. The smallest absolute Gasteiger partial charge is 0.306 e. The Balaban J connectivity index is 4.09. The molecule has 49 heavy (non-hydrogen) atoms. The zero-order chi connectivity index (χ0) is 36.0. The Bertz CT molecular complexity index is 686. The Hall–Kier alpha value is -1.14. The molecule has 0 fully saturated rings. The Labute approximate surface area is 305 Å². The fraction of sp³-hybridized carbons (Fsp3) is 0.953. The molecule has 0 saturated carbocycles. The minimum atomic E-state index is -0.0335. The summed E-state index contributed by atoms with van der Waals surface area (Å²) in [5.74, 6) is -0.0415. The number of hydrogen-bond acceptors (Lipinski definition) is 6. The van der Waals surface area contributed by atoms with Crippen molar-refractivity contribution in [1.29, 1.82) is 0 Å². The molecule has 0 spiro atoms. The molecule has 0 aliphatic carbocycles. The molecule has 6 nitrogen and oxygen atoms in total. The van der Waals surface area contributed by atoms with Crippen LogP contribution in [0.5, 0.6) is 0 Å². The molecule has 0 aromatic carbocycles. The van der Waals surface area contributed by atoms with Crippen LogP contribution in [0.1, 0.15) is 227 Å². The summed E-state index contributed by atoms with van der Waals surface area (Å²) in [7, 11) is 0. The number of rotatable bonds is 39. The lowest BCUT2D eigenvalue weighted by molar-refractivity contribution is -0.150. The third-order valence-electron chi connectivity index (χ3n) is 9.98. The molecular formula is C43H85NO5. The first-order chi connectivity index (χ1) is 24.0. The van der Waals surface area contributed by atoms with Crippen molar-refractivity contribution in [3.8, 4) is 0 Å². The van der Waals surface area contributed by atoms with Crippen LogP contribution in [0.3, 0.4) is 0 Å². The van der Waals surface area contributed by atoms with E-state index >= 15 is 0 Å². The number of carbonyl (C=O) groups excluding carboxylic acids is 2. The second-order valence-corrected chi connectivity index (χ2v) is 15.0. The maximum absolute atomic E-state index is 12.7. The number of carbonyl (C=O) groups is 2. The van der Waals surface area contributed by atoms with E-state index in [0.29, 0.717) is 19.4 Å². The molecule has 1 N–H and O–H groups in total. The average molecular weight is 696 g/mol. The van der Waals surface area contributed by atoms with Crippen molar-refractivity contribution in [2.75, 3.05) is 26.2 Å². The van der Waals surface area contributed by atoms with Crippen LogP contribution in [0.2, 0.25) is 0 Å². The molecule has 0 saturated heterocycles. The van der Waals surface area contributed by atoms with Gasteiger partial charge < -0.3 is 19.5 Å². The second-order valence-electron chi connectivity index (χ2n) is 15.0. The lowest BCUT2D eigenvalue weighted by Crippen LogP contribution is -2.29. The fourth-order valence-electron chi connectivity index (χ4n) is 6.76. The topological polar surface area (TPSA) is 76.1 Å². The van der Waals surface area contributed by atoms with Gasteiger partial charge in [0.1, 0.15) is 6.10 Å². The number of hydrogen-bond donors (Lipinski definition) is 1. The van der Waals surface area contributed by atoms with Crippen LogP contribution in [0, 0.1) is 0 Å². The Kier molecular flexibility index (Phi) is 37.2. The van der Waals surface area contributed by atoms with E-state index in [1.807, 2.05) is 6.92 Å². The van der Waals surface area contributed by atoms with Gasteiger partial charge >= 0.3 is 11.9 Å². The summed E-state index contributed by atoms with van der Waals surface area (Å²) in [5, 5.41) is 9.57. The molecule has 0 rings (SSSR count). The Morgan fingerprint density at radius 1 is 0.469 bits per heavy atom. The van der Waals surface area contributed by atoms with E-state index < -0.39 is 0 Å². The summed E-state index contributed by atoms with van der Waals surface area (Å²) in [5.41, 5.74) is 0. The molecule has 1 unspecified atom stereocenters. The van der Waals surface area contributed by atoms with E-state index in [2.05, 4.69) is 25.7 Å². The number of unbranched alkanes of at least 4 members (excludes halogenated alkanes) is 21.